The minimum Gasteiger partial charge on any atom is -0.335 e. The molecule has 2 aromatic carbocycles. The normalized spacial score (nSPS) is 19.4. The van der Waals surface area contributed by atoms with Gasteiger partial charge in [-0.15, -0.1) is 0 Å². The van der Waals surface area contributed by atoms with Crippen molar-refractivity contribution in [3.8, 4) is 0 Å². The van der Waals surface area contributed by atoms with Crippen molar-refractivity contribution >= 4 is 5.91 Å². The Balaban J connectivity index is 1.56. The minimum atomic E-state index is 0.269. The third kappa shape index (κ3) is 5.68. The smallest absolute Gasteiger partial charge is 0.222 e. The van der Waals surface area contributed by atoms with E-state index in [1.807, 2.05) is 19.1 Å². The largest absolute Gasteiger partial charge is 0.335 e. The number of nitrogens with two attached hydrogens (primary N) is 1. The van der Waals surface area contributed by atoms with Crippen LogP contribution in [0.15, 0.2) is 54.6 Å². The third-order valence-electron chi connectivity index (χ3n) is 6.14. The lowest BCUT2D eigenvalue weighted by Gasteiger charge is -2.37. The maximum atomic E-state index is 12.7. The van der Waals surface area contributed by atoms with E-state index in [1.165, 1.54) is 36.8 Å². The van der Waals surface area contributed by atoms with Gasteiger partial charge >= 0.3 is 0 Å². The molecule has 1 saturated carbocycles. The molecule has 150 valence electrons. The van der Waals surface area contributed by atoms with E-state index in [1.54, 1.807) is 0 Å². The summed E-state index contributed by atoms with van der Waals surface area (Å²) in [5, 5.41) is 0. The molecule has 1 fully saturated rings. The van der Waals surface area contributed by atoms with Crippen LogP contribution in [0, 0.1) is 5.92 Å². The van der Waals surface area contributed by atoms with Crippen molar-refractivity contribution in [3.63, 3.8) is 0 Å². The van der Waals surface area contributed by atoms with Crippen LogP contribution in [0.3, 0.4) is 0 Å². The zero-order chi connectivity index (χ0) is 19.8. The van der Waals surface area contributed by atoms with Crippen molar-refractivity contribution in [2.24, 2.45) is 11.7 Å². The zero-order valence-electron chi connectivity index (χ0n) is 17.1. The Hall–Kier alpha value is -2.13. The summed E-state index contributed by atoms with van der Waals surface area (Å²) >= 11 is 0. The molecule has 28 heavy (non-hydrogen) atoms. The summed E-state index contributed by atoms with van der Waals surface area (Å²) < 4.78 is 0. The molecule has 0 unspecified atom stereocenters. The molecule has 0 heterocycles. The molecule has 0 radical (unpaired) electrons. The lowest BCUT2D eigenvalue weighted by molar-refractivity contribution is -0.134. The average molecular weight is 379 g/mol. The first-order valence-electron chi connectivity index (χ1n) is 10.8. The minimum absolute atomic E-state index is 0.269. The summed E-state index contributed by atoms with van der Waals surface area (Å²) in [7, 11) is 0. The monoisotopic (exact) mass is 378 g/mol. The fourth-order valence-corrected chi connectivity index (χ4v) is 4.44. The Labute approximate surface area is 169 Å². The molecule has 3 rings (SSSR count). The van der Waals surface area contributed by atoms with E-state index in [0.29, 0.717) is 25.6 Å². The highest BCUT2D eigenvalue weighted by molar-refractivity contribution is 5.76. The summed E-state index contributed by atoms with van der Waals surface area (Å²) in [5.41, 5.74) is 9.54. The van der Waals surface area contributed by atoms with E-state index in [-0.39, 0.29) is 5.91 Å². The molecule has 2 aromatic rings. The molecule has 3 nitrogen and oxygen atoms in total. The lowest BCUT2D eigenvalue weighted by atomic mass is 9.82. The van der Waals surface area contributed by atoms with Gasteiger partial charge in [-0.3, -0.25) is 4.79 Å². The van der Waals surface area contributed by atoms with E-state index in [4.69, 9.17) is 5.73 Å². The van der Waals surface area contributed by atoms with Gasteiger partial charge in [0.15, 0.2) is 0 Å². The van der Waals surface area contributed by atoms with Crippen LogP contribution in [0.25, 0.3) is 0 Å². The van der Waals surface area contributed by atoms with Crippen LogP contribution in [-0.2, 0) is 24.3 Å². The Morgan fingerprint density at radius 2 is 1.64 bits per heavy atom. The number of rotatable bonds is 8. The third-order valence-corrected chi connectivity index (χ3v) is 6.14. The van der Waals surface area contributed by atoms with Crippen molar-refractivity contribution < 1.29 is 4.79 Å². The van der Waals surface area contributed by atoms with Crippen LogP contribution >= 0.6 is 0 Å². The van der Waals surface area contributed by atoms with E-state index >= 15 is 0 Å². The number of aryl methyl sites for hydroxylation is 1. The molecule has 0 saturated heterocycles. The van der Waals surface area contributed by atoms with Gasteiger partial charge in [0.25, 0.3) is 0 Å². The molecular formula is C25H34N2O. The van der Waals surface area contributed by atoms with Crippen molar-refractivity contribution in [2.75, 3.05) is 0 Å². The van der Waals surface area contributed by atoms with E-state index in [0.717, 1.165) is 24.3 Å². The summed E-state index contributed by atoms with van der Waals surface area (Å²) in [6, 6.07) is 19.5. The fraction of sp³-hybridized carbons (Fsp3) is 0.480. The Bertz CT molecular complexity index is 735. The van der Waals surface area contributed by atoms with Crippen molar-refractivity contribution in [2.45, 2.75) is 71.0 Å². The number of carbonyl (C=O) groups is 1. The molecule has 0 atom stereocenters. The van der Waals surface area contributed by atoms with Gasteiger partial charge in [-0.2, -0.15) is 0 Å². The number of hydrogen-bond acceptors (Lipinski definition) is 2. The molecule has 1 aliphatic rings. The van der Waals surface area contributed by atoms with Gasteiger partial charge in [-0.25, -0.2) is 0 Å². The number of carbonyl (C=O) groups excluding carboxylic acids is 1. The summed E-state index contributed by atoms with van der Waals surface area (Å²) in [6.07, 6.45) is 7.71. The van der Waals surface area contributed by atoms with Gasteiger partial charge in [-0.1, -0.05) is 61.5 Å². The zero-order valence-corrected chi connectivity index (χ0v) is 17.1. The highest BCUT2D eigenvalue weighted by Gasteiger charge is 2.28. The average Bonchev–Trinajstić information content (AvgIpc) is 2.77. The van der Waals surface area contributed by atoms with Gasteiger partial charge in [0, 0.05) is 25.6 Å². The predicted molar refractivity (Wildman–Crippen MR) is 116 cm³/mol. The molecule has 0 spiro atoms. The Morgan fingerprint density at radius 3 is 2.32 bits per heavy atom. The van der Waals surface area contributed by atoms with E-state index in [2.05, 4.69) is 47.4 Å². The van der Waals surface area contributed by atoms with Crippen LogP contribution in [0.4, 0.5) is 0 Å². The number of nitrogens with zero attached hydrogens (tertiary/aromatic N) is 1. The van der Waals surface area contributed by atoms with Crippen LogP contribution < -0.4 is 5.73 Å². The van der Waals surface area contributed by atoms with Crippen LogP contribution in [0.5, 0.6) is 0 Å². The first-order chi connectivity index (χ1) is 13.7. The van der Waals surface area contributed by atoms with Gasteiger partial charge in [0.1, 0.15) is 0 Å². The van der Waals surface area contributed by atoms with Gasteiger partial charge in [-0.05, 0) is 61.1 Å². The summed E-state index contributed by atoms with van der Waals surface area (Å²) in [6.45, 7) is 3.22. The highest BCUT2D eigenvalue weighted by Crippen LogP contribution is 2.31. The molecule has 0 aliphatic heterocycles. The van der Waals surface area contributed by atoms with Gasteiger partial charge in [0.2, 0.25) is 5.91 Å². The summed E-state index contributed by atoms with van der Waals surface area (Å²) in [4.78, 5) is 14.8. The topological polar surface area (TPSA) is 46.3 Å². The molecule has 1 amide bonds. The Morgan fingerprint density at radius 1 is 0.964 bits per heavy atom. The first-order valence-corrected chi connectivity index (χ1v) is 10.8. The molecule has 0 aromatic heterocycles. The quantitative estimate of drug-likeness (QED) is 0.696. The van der Waals surface area contributed by atoms with Crippen LogP contribution in [-0.4, -0.2) is 16.8 Å². The van der Waals surface area contributed by atoms with Crippen molar-refractivity contribution in [1.82, 2.24) is 4.90 Å². The highest BCUT2D eigenvalue weighted by atomic mass is 16.2. The second kappa shape index (κ2) is 10.4. The predicted octanol–water partition coefficient (Wildman–Crippen LogP) is 5.08. The number of benzene rings is 2. The number of hydrogen-bond donors (Lipinski definition) is 1. The SMILES string of the molecule is CCC(=O)N(Cc1cccc(CN)c1)C1CCC(CCc2ccccc2)CC1. The maximum Gasteiger partial charge on any atom is 0.222 e. The molecular weight excluding hydrogens is 344 g/mol. The molecule has 0 bridgehead atoms. The molecule has 3 heteroatoms. The molecule has 1 aliphatic carbocycles. The fourth-order valence-electron chi connectivity index (χ4n) is 4.44. The van der Waals surface area contributed by atoms with Gasteiger partial charge in [0.05, 0.1) is 0 Å². The summed E-state index contributed by atoms with van der Waals surface area (Å²) in [5.74, 6) is 1.06. The second-order valence-corrected chi connectivity index (χ2v) is 8.10. The standard InChI is InChI=1S/C25H34N2O/c1-2-25(28)27(19-23-10-6-9-22(17-23)18-26)24-15-13-21(14-16-24)12-11-20-7-4-3-5-8-20/h3-10,17,21,24H,2,11-16,18-19,26H2,1H3. The Kier molecular flexibility index (Phi) is 7.67. The van der Waals surface area contributed by atoms with Crippen molar-refractivity contribution in [3.05, 3.63) is 71.3 Å². The van der Waals surface area contributed by atoms with Crippen LogP contribution in [0.1, 0.15) is 62.1 Å². The van der Waals surface area contributed by atoms with E-state index in [9.17, 15) is 4.79 Å². The second-order valence-electron chi connectivity index (χ2n) is 8.10. The van der Waals surface area contributed by atoms with Crippen LogP contribution in [0.2, 0.25) is 0 Å². The van der Waals surface area contributed by atoms with Crippen molar-refractivity contribution in [1.29, 1.82) is 0 Å². The molecule has 2 N–H and O–H groups in total. The first kappa shape index (κ1) is 20.6. The number of amides is 1. The van der Waals surface area contributed by atoms with E-state index < -0.39 is 0 Å². The lowest BCUT2D eigenvalue weighted by Crippen LogP contribution is -2.41. The maximum absolute atomic E-state index is 12.7. The van der Waals surface area contributed by atoms with Gasteiger partial charge < -0.3 is 10.6 Å².